The number of hydrogen-bond acceptors (Lipinski definition) is 3. The molecule has 0 spiro atoms. The van der Waals surface area contributed by atoms with Crippen molar-refractivity contribution in [2.75, 3.05) is 18.9 Å². The van der Waals surface area contributed by atoms with Crippen LogP contribution in [0.25, 0.3) is 5.57 Å². The van der Waals surface area contributed by atoms with Gasteiger partial charge in [0.05, 0.1) is 6.54 Å². The van der Waals surface area contributed by atoms with Crippen molar-refractivity contribution in [3.63, 3.8) is 0 Å². The minimum atomic E-state index is 0.0693. The lowest BCUT2D eigenvalue weighted by molar-refractivity contribution is 0.407. The van der Waals surface area contributed by atoms with Crippen LogP contribution in [-0.4, -0.2) is 18.7 Å². The van der Waals surface area contributed by atoms with Crippen LogP contribution in [0.1, 0.15) is 11.1 Å². The third-order valence-electron chi connectivity index (χ3n) is 3.06. The Kier molecular flexibility index (Phi) is 4.66. The van der Waals surface area contributed by atoms with Gasteiger partial charge < -0.3 is 16.2 Å². The number of halogens is 1. The summed E-state index contributed by atoms with van der Waals surface area (Å²) in [6, 6.07) is 15.1. The molecule has 0 saturated heterocycles. The van der Waals surface area contributed by atoms with E-state index in [1.54, 1.807) is 6.07 Å². The number of hydrogen-bond donors (Lipinski definition) is 3. The third-order valence-corrected chi connectivity index (χ3v) is 3.30. The van der Waals surface area contributed by atoms with Crippen molar-refractivity contribution in [1.29, 1.82) is 0 Å². The number of aliphatic hydroxyl groups is 1. The normalized spacial score (nSPS) is 11.9. The van der Waals surface area contributed by atoms with Crippen molar-refractivity contribution >= 4 is 22.9 Å². The van der Waals surface area contributed by atoms with Gasteiger partial charge >= 0.3 is 0 Å². The summed E-state index contributed by atoms with van der Waals surface area (Å²) in [7, 11) is 1.83. The van der Waals surface area contributed by atoms with Crippen LogP contribution in [0.15, 0.2) is 54.3 Å². The average molecular weight is 289 g/mol. The molecule has 0 heterocycles. The lowest BCUT2D eigenvalue weighted by Crippen LogP contribution is -2.07. The smallest absolute Gasteiger partial charge is 0.114 e. The van der Waals surface area contributed by atoms with E-state index in [2.05, 4.69) is 5.32 Å². The first-order valence-corrected chi connectivity index (χ1v) is 6.70. The van der Waals surface area contributed by atoms with Gasteiger partial charge in [0.2, 0.25) is 0 Å². The van der Waals surface area contributed by atoms with Gasteiger partial charge in [0.15, 0.2) is 0 Å². The molecule has 0 bridgehead atoms. The lowest BCUT2D eigenvalue weighted by atomic mass is 9.95. The van der Waals surface area contributed by atoms with E-state index < -0.39 is 0 Å². The van der Waals surface area contributed by atoms with E-state index in [0.717, 1.165) is 16.8 Å². The fourth-order valence-corrected chi connectivity index (χ4v) is 2.30. The highest BCUT2D eigenvalue weighted by Crippen LogP contribution is 2.33. The Morgan fingerprint density at radius 1 is 1.20 bits per heavy atom. The number of aliphatic hydroxyl groups excluding tert-OH is 1. The Labute approximate surface area is 123 Å². The highest BCUT2D eigenvalue weighted by atomic mass is 35.5. The minimum absolute atomic E-state index is 0.0693. The molecule has 0 fully saturated rings. The highest BCUT2D eigenvalue weighted by molar-refractivity contribution is 6.31. The molecule has 20 heavy (non-hydrogen) atoms. The molecule has 2 aromatic rings. The molecule has 4 heteroatoms. The quantitative estimate of drug-likeness (QED) is 0.753. The van der Waals surface area contributed by atoms with Gasteiger partial charge in [-0.25, -0.2) is 0 Å². The topological polar surface area (TPSA) is 58.3 Å². The maximum atomic E-state index is 10.2. The Balaban J connectivity index is 2.69. The average Bonchev–Trinajstić information content (AvgIpc) is 2.48. The van der Waals surface area contributed by atoms with Gasteiger partial charge in [0.1, 0.15) is 5.76 Å². The summed E-state index contributed by atoms with van der Waals surface area (Å²) in [5, 5.41) is 13.9. The van der Waals surface area contributed by atoms with E-state index in [9.17, 15) is 5.11 Å². The van der Waals surface area contributed by atoms with Crippen molar-refractivity contribution in [1.82, 2.24) is 0 Å². The number of rotatable bonds is 4. The number of benzene rings is 2. The largest absolute Gasteiger partial charge is 0.510 e. The predicted octanol–water partition coefficient (Wildman–Crippen LogP) is 3.66. The van der Waals surface area contributed by atoms with Gasteiger partial charge in [0, 0.05) is 28.9 Å². The summed E-state index contributed by atoms with van der Waals surface area (Å²) in [6.45, 7) is 0.0693. The van der Waals surface area contributed by atoms with Gasteiger partial charge in [0.25, 0.3) is 0 Å². The molecule has 0 aliphatic carbocycles. The lowest BCUT2D eigenvalue weighted by Gasteiger charge is -2.15. The van der Waals surface area contributed by atoms with E-state index >= 15 is 0 Å². The molecule has 0 aliphatic heterocycles. The van der Waals surface area contributed by atoms with E-state index in [1.807, 2.05) is 49.5 Å². The van der Waals surface area contributed by atoms with Gasteiger partial charge in [-0.1, -0.05) is 41.9 Å². The first-order valence-electron chi connectivity index (χ1n) is 6.32. The standard InChI is InChI=1S/C16H17ClN2O/c1-19-14-8-7-12(17)9-13(14)16(15(20)10-18)11-5-3-2-4-6-11/h2-9,19-20H,10,18H2,1H3/b16-15-. The van der Waals surface area contributed by atoms with Crippen LogP contribution >= 0.6 is 11.6 Å². The Bertz CT molecular complexity index is 624. The molecule has 0 atom stereocenters. The van der Waals surface area contributed by atoms with E-state index in [0.29, 0.717) is 10.6 Å². The molecule has 2 rings (SSSR count). The Morgan fingerprint density at radius 3 is 2.50 bits per heavy atom. The zero-order valence-corrected chi connectivity index (χ0v) is 12.0. The van der Waals surface area contributed by atoms with Gasteiger partial charge in [-0.2, -0.15) is 0 Å². The maximum absolute atomic E-state index is 10.2. The Morgan fingerprint density at radius 2 is 1.90 bits per heavy atom. The molecule has 0 radical (unpaired) electrons. The third kappa shape index (κ3) is 2.95. The number of nitrogens with two attached hydrogens (primary N) is 1. The van der Waals surface area contributed by atoms with Crippen LogP contribution in [0.3, 0.4) is 0 Å². The summed E-state index contributed by atoms with van der Waals surface area (Å²) in [5.41, 5.74) is 8.92. The maximum Gasteiger partial charge on any atom is 0.114 e. The molecule has 0 saturated carbocycles. The zero-order valence-electron chi connectivity index (χ0n) is 11.2. The van der Waals surface area contributed by atoms with Crippen molar-refractivity contribution in [2.45, 2.75) is 0 Å². The summed E-state index contributed by atoms with van der Waals surface area (Å²) in [4.78, 5) is 0. The molecule has 104 valence electrons. The van der Waals surface area contributed by atoms with E-state index in [1.165, 1.54) is 0 Å². The van der Waals surface area contributed by atoms with Crippen molar-refractivity contribution in [2.24, 2.45) is 5.73 Å². The first-order chi connectivity index (χ1) is 9.67. The van der Waals surface area contributed by atoms with Crippen LogP contribution < -0.4 is 11.1 Å². The van der Waals surface area contributed by atoms with Crippen LogP contribution in [0.4, 0.5) is 5.69 Å². The fraction of sp³-hybridized carbons (Fsp3) is 0.125. The molecule has 0 aliphatic rings. The summed E-state index contributed by atoms with van der Waals surface area (Å²) < 4.78 is 0. The minimum Gasteiger partial charge on any atom is -0.510 e. The fourth-order valence-electron chi connectivity index (χ4n) is 2.13. The molecule has 4 N–H and O–H groups in total. The second kappa shape index (κ2) is 6.46. The van der Waals surface area contributed by atoms with Gasteiger partial charge in [-0.15, -0.1) is 0 Å². The second-order valence-corrected chi connectivity index (χ2v) is 4.77. The number of nitrogens with one attached hydrogen (secondary N) is 1. The van der Waals surface area contributed by atoms with Crippen LogP contribution in [0.5, 0.6) is 0 Å². The van der Waals surface area contributed by atoms with Crippen molar-refractivity contribution in [3.8, 4) is 0 Å². The highest BCUT2D eigenvalue weighted by Gasteiger charge is 2.14. The monoisotopic (exact) mass is 288 g/mol. The summed E-state index contributed by atoms with van der Waals surface area (Å²) >= 11 is 6.09. The molecule has 0 aromatic heterocycles. The zero-order chi connectivity index (χ0) is 14.5. The van der Waals surface area contributed by atoms with Crippen molar-refractivity contribution < 1.29 is 5.11 Å². The second-order valence-electron chi connectivity index (χ2n) is 4.33. The molecule has 3 nitrogen and oxygen atoms in total. The molecule has 0 amide bonds. The first kappa shape index (κ1) is 14.4. The van der Waals surface area contributed by atoms with Crippen molar-refractivity contribution in [3.05, 3.63) is 70.4 Å². The van der Waals surface area contributed by atoms with Crippen LogP contribution in [0, 0.1) is 0 Å². The summed E-state index contributed by atoms with van der Waals surface area (Å²) in [6.07, 6.45) is 0. The van der Waals surface area contributed by atoms with E-state index in [4.69, 9.17) is 17.3 Å². The SMILES string of the molecule is CNc1ccc(Cl)cc1/C(=C(\O)CN)c1ccccc1. The number of anilines is 1. The van der Waals surface area contributed by atoms with Gasteiger partial charge in [-0.05, 0) is 23.8 Å². The molecule has 2 aromatic carbocycles. The van der Waals surface area contributed by atoms with Crippen LogP contribution in [0.2, 0.25) is 5.02 Å². The predicted molar refractivity (Wildman–Crippen MR) is 85.1 cm³/mol. The molecular formula is C16H17ClN2O. The summed E-state index contributed by atoms with van der Waals surface area (Å²) in [5.74, 6) is 0.134. The molecular weight excluding hydrogens is 272 g/mol. The van der Waals surface area contributed by atoms with Gasteiger partial charge in [-0.3, -0.25) is 0 Å². The van der Waals surface area contributed by atoms with Crippen LogP contribution in [-0.2, 0) is 0 Å². The van der Waals surface area contributed by atoms with E-state index in [-0.39, 0.29) is 12.3 Å². The molecule has 0 unspecified atom stereocenters. The Hall–Kier alpha value is -1.97.